The molecule has 40 valence electrons. The van der Waals surface area contributed by atoms with E-state index in [4.69, 9.17) is 0 Å². The quantitative estimate of drug-likeness (QED) is 0.493. The van der Waals surface area contributed by atoms with Crippen molar-refractivity contribution >= 4 is 11.8 Å². The largest absolute Gasteiger partial charge is 0.368 e. The maximum absolute atomic E-state index is 4.14. The first-order valence-corrected chi connectivity index (χ1v) is 2.23. The Kier molecular flexibility index (Phi) is 5.16. The van der Waals surface area contributed by atoms with Crippen molar-refractivity contribution in [3.8, 4) is 0 Å². The lowest BCUT2D eigenvalue weighted by Crippen LogP contribution is -1.48. The molecule has 0 radical (unpaired) electrons. The summed E-state index contributed by atoms with van der Waals surface area (Å²) in [6.45, 7) is 0. The molecule has 0 aliphatic carbocycles. The minimum atomic E-state index is 1.88. The van der Waals surface area contributed by atoms with Gasteiger partial charge in [-0.25, -0.2) is 5.25 Å². The van der Waals surface area contributed by atoms with Gasteiger partial charge in [-0.2, -0.15) is 0 Å². The lowest BCUT2D eigenvalue weighted by Gasteiger charge is -1.49. The summed E-state index contributed by atoms with van der Waals surface area (Å²) >= 11 is 4.14. The summed E-state index contributed by atoms with van der Waals surface area (Å²) < 4.78 is 0. The van der Waals surface area contributed by atoms with Gasteiger partial charge >= 0.3 is 0 Å². The number of H-pyrrole nitrogens is 1. The highest BCUT2D eigenvalue weighted by Crippen LogP contribution is 1.72. The molecule has 1 heterocycles. The number of aromatic nitrogens is 1. The summed E-state index contributed by atoms with van der Waals surface area (Å²) in [7, 11) is 0. The molecule has 1 aromatic rings. The summed E-state index contributed by atoms with van der Waals surface area (Å²) in [6.07, 6.45) is 3.75. The lowest BCUT2D eigenvalue weighted by atomic mass is 10.7. The summed E-state index contributed by atoms with van der Waals surface area (Å²) in [4.78, 5) is 2.86. The van der Waals surface area contributed by atoms with E-state index < -0.39 is 0 Å². The fraction of sp³-hybridized carbons (Fsp3) is 0. The summed E-state index contributed by atoms with van der Waals surface area (Å²) in [5.41, 5.74) is 0. The maximum atomic E-state index is 4.14. The highest BCUT2D eigenvalue weighted by molar-refractivity contribution is 6.11. The highest BCUT2D eigenvalue weighted by atomic mass is 35.5. The Morgan fingerprint density at radius 1 is 1.14 bits per heavy atom. The van der Waals surface area contributed by atoms with Gasteiger partial charge in [-0.3, -0.25) is 0 Å². The molecule has 0 aliphatic rings. The van der Waals surface area contributed by atoms with Crippen molar-refractivity contribution in [1.29, 1.82) is 0 Å². The minimum absolute atomic E-state index is 1.88. The molecular formula is C4H7ClN2. The van der Waals surface area contributed by atoms with Crippen LogP contribution in [0.3, 0.4) is 0 Å². The Morgan fingerprint density at radius 3 is 1.71 bits per heavy atom. The minimum Gasteiger partial charge on any atom is -0.368 e. The second-order valence-corrected chi connectivity index (χ2v) is 0.885. The van der Waals surface area contributed by atoms with Gasteiger partial charge in [0, 0.05) is 12.4 Å². The van der Waals surface area contributed by atoms with Gasteiger partial charge in [0.1, 0.15) is 0 Å². The third kappa shape index (κ3) is 3.36. The second-order valence-electron chi connectivity index (χ2n) is 0.885. The van der Waals surface area contributed by atoms with Gasteiger partial charge in [-0.15, -0.1) is 0 Å². The highest BCUT2D eigenvalue weighted by Gasteiger charge is 1.55. The van der Waals surface area contributed by atoms with Crippen molar-refractivity contribution in [2.24, 2.45) is 5.25 Å². The summed E-state index contributed by atoms with van der Waals surface area (Å²) in [5.74, 6) is 0. The van der Waals surface area contributed by atoms with E-state index in [1.165, 1.54) is 0 Å². The molecule has 3 N–H and O–H groups in total. The van der Waals surface area contributed by atoms with E-state index in [0.29, 0.717) is 0 Å². The number of rotatable bonds is 0. The van der Waals surface area contributed by atoms with Crippen LogP contribution in [0.2, 0.25) is 0 Å². The molecule has 2 nitrogen and oxygen atoms in total. The molecule has 7 heavy (non-hydrogen) atoms. The zero-order valence-electron chi connectivity index (χ0n) is 3.76. The zero-order chi connectivity index (χ0) is 5.54. The smallest absolute Gasteiger partial charge is 0.000496 e. The number of aromatic amines is 1. The first-order chi connectivity index (χ1) is 3.50. The van der Waals surface area contributed by atoms with E-state index in [-0.39, 0.29) is 0 Å². The Hall–Kier alpha value is -0.470. The van der Waals surface area contributed by atoms with Crippen LogP contribution in [0.25, 0.3) is 0 Å². The Bertz CT molecular complexity index is 66.2. The molecule has 0 spiro atoms. The van der Waals surface area contributed by atoms with E-state index >= 15 is 0 Å². The average Bonchev–Trinajstić information content (AvgIpc) is 2.23. The van der Waals surface area contributed by atoms with Gasteiger partial charge in [0.15, 0.2) is 0 Å². The Labute approximate surface area is 47.4 Å². The van der Waals surface area contributed by atoms with Crippen molar-refractivity contribution in [1.82, 2.24) is 4.98 Å². The average molecular weight is 119 g/mol. The normalized spacial score (nSPS) is 6.57. The van der Waals surface area contributed by atoms with Crippen molar-refractivity contribution in [2.45, 2.75) is 0 Å². The van der Waals surface area contributed by atoms with Gasteiger partial charge in [0.05, 0.1) is 0 Å². The van der Waals surface area contributed by atoms with Crippen molar-refractivity contribution in [2.75, 3.05) is 0 Å². The molecule has 0 unspecified atom stereocenters. The number of hydrogen-bond donors (Lipinski definition) is 2. The molecule has 0 atom stereocenters. The van der Waals surface area contributed by atoms with Crippen LogP contribution in [-0.4, -0.2) is 4.98 Å². The number of nitrogens with two attached hydrogens (primary N) is 1. The molecule has 0 amide bonds. The van der Waals surface area contributed by atoms with Crippen LogP contribution in [0.5, 0.6) is 0 Å². The van der Waals surface area contributed by atoms with Crippen LogP contribution >= 0.6 is 11.8 Å². The van der Waals surface area contributed by atoms with Crippen LogP contribution in [0.4, 0.5) is 0 Å². The molecule has 0 aliphatic heterocycles. The topological polar surface area (TPSA) is 41.8 Å². The monoisotopic (exact) mass is 118 g/mol. The SMILES string of the molecule is NCl.c1cc[nH]c1. The van der Waals surface area contributed by atoms with Gasteiger partial charge in [-0.05, 0) is 23.9 Å². The predicted octanol–water partition coefficient (Wildman–Crippen LogP) is 1.11. The molecule has 1 aromatic heterocycles. The van der Waals surface area contributed by atoms with Gasteiger partial charge in [-0.1, -0.05) is 0 Å². The van der Waals surface area contributed by atoms with Crippen LogP contribution in [0.1, 0.15) is 0 Å². The van der Waals surface area contributed by atoms with Crippen molar-refractivity contribution in [3.63, 3.8) is 0 Å². The third-order valence-electron chi connectivity index (χ3n) is 0.496. The number of nitrogens with one attached hydrogen (secondary N) is 1. The molecule has 0 bridgehead atoms. The second kappa shape index (κ2) is 5.53. The number of hydrogen-bond acceptors (Lipinski definition) is 1. The van der Waals surface area contributed by atoms with Crippen LogP contribution in [-0.2, 0) is 0 Å². The van der Waals surface area contributed by atoms with Gasteiger partial charge in [0.25, 0.3) is 0 Å². The summed E-state index contributed by atoms with van der Waals surface area (Å²) in [5, 5.41) is 3.97. The van der Waals surface area contributed by atoms with Gasteiger partial charge < -0.3 is 4.98 Å². The zero-order valence-corrected chi connectivity index (χ0v) is 4.52. The molecular weight excluding hydrogens is 112 g/mol. The van der Waals surface area contributed by atoms with Crippen LogP contribution in [0.15, 0.2) is 24.5 Å². The fourth-order valence-corrected chi connectivity index (χ4v) is 0.278. The fourth-order valence-electron chi connectivity index (χ4n) is 0.278. The lowest BCUT2D eigenvalue weighted by molar-refractivity contribution is 1.42. The van der Waals surface area contributed by atoms with E-state index in [1.54, 1.807) is 0 Å². The standard InChI is InChI=1S/C4H5N.ClH2N/c1-2-4-5-3-1;1-2/h1-5H;2H2. The van der Waals surface area contributed by atoms with E-state index in [1.807, 2.05) is 24.5 Å². The van der Waals surface area contributed by atoms with Crippen LogP contribution in [0, 0.1) is 0 Å². The predicted molar refractivity (Wildman–Crippen MR) is 30.8 cm³/mol. The van der Waals surface area contributed by atoms with Gasteiger partial charge in [0.2, 0.25) is 0 Å². The van der Waals surface area contributed by atoms with Crippen molar-refractivity contribution in [3.05, 3.63) is 24.5 Å². The molecule has 0 aromatic carbocycles. The molecule has 0 saturated carbocycles. The molecule has 1 rings (SSSR count). The first kappa shape index (κ1) is 6.53. The molecule has 0 fully saturated rings. The Balaban J connectivity index is 0.000000162. The maximum Gasteiger partial charge on any atom is 0.000496 e. The molecule has 0 saturated heterocycles. The van der Waals surface area contributed by atoms with E-state index in [0.717, 1.165) is 0 Å². The van der Waals surface area contributed by atoms with E-state index in [9.17, 15) is 0 Å². The number of halogens is 1. The molecule has 3 heteroatoms. The van der Waals surface area contributed by atoms with Crippen molar-refractivity contribution < 1.29 is 0 Å². The first-order valence-electron chi connectivity index (χ1n) is 1.80. The summed E-state index contributed by atoms with van der Waals surface area (Å²) in [6, 6.07) is 3.89. The Morgan fingerprint density at radius 2 is 1.57 bits per heavy atom. The van der Waals surface area contributed by atoms with E-state index in [2.05, 4.69) is 22.0 Å². The third-order valence-corrected chi connectivity index (χ3v) is 0.496. The van der Waals surface area contributed by atoms with Crippen LogP contribution < -0.4 is 5.25 Å².